The van der Waals surface area contributed by atoms with Crippen LogP contribution in [0.3, 0.4) is 0 Å². The summed E-state index contributed by atoms with van der Waals surface area (Å²) in [5.41, 5.74) is 2.15. The molecule has 4 rings (SSSR count). The van der Waals surface area contributed by atoms with Crippen LogP contribution in [0, 0.1) is 6.92 Å². The van der Waals surface area contributed by atoms with Crippen molar-refractivity contribution in [2.24, 2.45) is 0 Å². The highest BCUT2D eigenvalue weighted by molar-refractivity contribution is 7.91. The summed E-state index contributed by atoms with van der Waals surface area (Å²) in [7, 11) is -3.46. The van der Waals surface area contributed by atoms with E-state index in [9.17, 15) is 18.3 Å². The van der Waals surface area contributed by atoms with Crippen molar-refractivity contribution in [1.82, 2.24) is 9.21 Å². The zero-order valence-corrected chi connectivity index (χ0v) is 18.6. The van der Waals surface area contributed by atoms with Gasteiger partial charge < -0.3 is 9.52 Å². The Morgan fingerprint density at radius 2 is 1.93 bits per heavy atom. The fourth-order valence-electron chi connectivity index (χ4n) is 3.87. The average Bonchev–Trinajstić information content (AvgIpc) is 3.26. The minimum atomic E-state index is -3.46. The zero-order valence-electron chi connectivity index (χ0n) is 16.9. The second-order valence-corrected chi connectivity index (χ2v) is 10.6. The number of hydrogen-bond donors (Lipinski definition) is 1. The normalized spacial score (nSPS) is 16.3. The van der Waals surface area contributed by atoms with Crippen LogP contribution >= 0.6 is 11.3 Å². The van der Waals surface area contributed by atoms with Crippen molar-refractivity contribution in [3.05, 3.63) is 56.8 Å². The van der Waals surface area contributed by atoms with E-state index in [0.29, 0.717) is 54.5 Å². The molecule has 30 heavy (non-hydrogen) atoms. The van der Waals surface area contributed by atoms with E-state index in [1.807, 2.05) is 19.9 Å². The molecule has 1 aromatic carbocycles. The van der Waals surface area contributed by atoms with Gasteiger partial charge in [-0.3, -0.25) is 4.90 Å². The Kier molecular flexibility index (Phi) is 5.71. The molecule has 1 N–H and O–H groups in total. The van der Waals surface area contributed by atoms with Crippen LogP contribution < -0.4 is 5.63 Å². The summed E-state index contributed by atoms with van der Waals surface area (Å²) in [4.78, 5) is 14.0. The Balaban J connectivity index is 1.60. The van der Waals surface area contributed by atoms with Crippen LogP contribution in [0.1, 0.15) is 23.6 Å². The molecule has 0 amide bonds. The monoisotopic (exact) mass is 448 g/mol. The molecule has 1 aliphatic heterocycles. The Hall–Kier alpha value is -2.20. The van der Waals surface area contributed by atoms with Crippen molar-refractivity contribution >= 4 is 32.3 Å². The lowest BCUT2D eigenvalue weighted by atomic mass is 9.99. The number of aromatic hydroxyl groups is 1. The van der Waals surface area contributed by atoms with Gasteiger partial charge in [0, 0.05) is 44.2 Å². The van der Waals surface area contributed by atoms with Crippen molar-refractivity contribution < 1.29 is 17.9 Å². The molecule has 1 aliphatic rings. The van der Waals surface area contributed by atoms with E-state index in [2.05, 4.69) is 4.90 Å². The van der Waals surface area contributed by atoms with E-state index in [-0.39, 0.29) is 5.75 Å². The Bertz CT molecular complexity index is 1220. The summed E-state index contributed by atoms with van der Waals surface area (Å²) < 4.78 is 32.8. The van der Waals surface area contributed by atoms with Gasteiger partial charge >= 0.3 is 5.63 Å². The molecule has 0 atom stereocenters. The van der Waals surface area contributed by atoms with Crippen LogP contribution in [0.2, 0.25) is 0 Å². The molecule has 160 valence electrons. The van der Waals surface area contributed by atoms with Crippen LogP contribution in [0.4, 0.5) is 0 Å². The number of sulfonamides is 1. The fraction of sp³-hybridized carbons (Fsp3) is 0.381. The van der Waals surface area contributed by atoms with Crippen molar-refractivity contribution in [2.45, 2.75) is 31.0 Å². The molecule has 0 radical (unpaired) electrons. The number of aryl methyl sites for hydroxylation is 2. The summed E-state index contributed by atoms with van der Waals surface area (Å²) in [5.74, 6) is 0.146. The fourth-order valence-corrected chi connectivity index (χ4v) is 6.44. The molecule has 3 aromatic rings. The third kappa shape index (κ3) is 3.78. The van der Waals surface area contributed by atoms with Gasteiger partial charge in [0.2, 0.25) is 0 Å². The van der Waals surface area contributed by atoms with Gasteiger partial charge in [-0.2, -0.15) is 4.31 Å². The summed E-state index contributed by atoms with van der Waals surface area (Å²) in [6, 6.07) is 6.68. The van der Waals surface area contributed by atoms with Crippen LogP contribution in [0.5, 0.6) is 5.75 Å². The first-order valence-corrected chi connectivity index (χ1v) is 12.2. The maximum absolute atomic E-state index is 12.7. The summed E-state index contributed by atoms with van der Waals surface area (Å²) in [6.45, 7) is 6.00. The molecule has 7 nitrogen and oxygen atoms in total. The second kappa shape index (κ2) is 8.14. The average molecular weight is 449 g/mol. The standard InChI is InChI=1S/C21H24N2O5S2/c1-3-15-12-16-14(2)11-18(24)28-21(16)17(20(15)25)13-22-6-8-23(9-7-22)30(26,27)19-5-4-10-29-19/h4-5,10-12,25H,3,6-9,13H2,1-2H3. The van der Waals surface area contributed by atoms with Crippen molar-refractivity contribution in [3.63, 3.8) is 0 Å². The highest BCUT2D eigenvalue weighted by Crippen LogP contribution is 2.34. The predicted molar refractivity (Wildman–Crippen MR) is 117 cm³/mol. The Morgan fingerprint density at radius 1 is 1.20 bits per heavy atom. The molecule has 0 bridgehead atoms. The SMILES string of the molecule is CCc1cc2c(C)cc(=O)oc2c(CN2CCN(S(=O)(=O)c3cccs3)CC2)c1O. The first-order valence-electron chi connectivity index (χ1n) is 9.85. The van der Waals surface area contributed by atoms with Gasteiger partial charge in [0.1, 0.15) is 15.5 Å². The summed E-state index contributed by atoms with van der Waals surface area (Å²) in [5, 5.41) is 13.4. The van der Waals surface area contributed by atoms with Crippen molar-refractivity contribution in [1.29, 1.82) is 0 Å². The third-order valence-electron chi connectivity index (χ3n) is 5.57. The molecule has 2 aromatic heterocycles. The van der Waals surface area contributed by atoms with Gasteiger partial charge in [0.25, 0.3) is 10.0 Å². The van der Waals surface area contributed by atoms with E-state index >= 15 is 0 Å². The largest absolute Gasteiger partial charge is 0.507 e. The van der Waals surface area contributed by atoms with Gasteiger partial charge in [0.15, 0.2) is 0 Å². The Morgan fingerprint density at radius 3 is 2.57 bits per heavy atom. The second-order valence-electron chi connectivity index (χ2n) is 7.45. The van der Waals surface area contributed by atoms with E-state index in [0.717, 1.165) is 16.5 Å². The van der Waals surface area contributed by atoms with E-state index in [1.165, 1.54) is 21.7 Å². The molecular weight excluding hydrogens is 424 g/mol. The van der Waals surface area contributed by atoms with E-state index in [1.54, 1.807) is 17.5 Å². The van der Waals surface area contributed by atoms with Crippen molar-refractivity contribution in [3.8, 4) is 5.75 Å². The van der Waals surface area contributed by atoms with Gasteiger partial charge in [-0.15, -0.1) is 11.3 Å². The van der Waals surface area contributed by atoms with Crippen LogP contribution in [-0.4, -0.2) is 48.9 Å². The number of phenolic OH excluding ortho intramolecular Hbond substituents is 1. The molecular formula is C21H24N2O5S2. The van der Waals surface area contributed by atoms with Gasteiger partial charge in [-0.1, -0.05) is 13.0 Å². The number of benzene rings is 1. The van der Waals surface area contributed by atoms with Gasteiger partial charge in [0.05, 0.1) is 5.56 Å². The molecule has 0 unspecified atom stereocenters. The first kappa shape index (κ1) is 21.0. The number of rotatable bonds is 5. The molecule has 1 fully saturated rings. The maximum Gasteiger partial charge on any atom is 0.336 e. The minimum Gasteiger partial charge on any atom is -0.507 e. The number of piperazine rings is 1. The van der Waals surface area contributed by atoms with Crippen molar-refractivity contribution in [2.75, 3.05) is 26.2 Å². The minimum absolute atomic E-state index is 0.146. The number of hydrogen-bond acceptors (Lipinski definition) is 7. The molecule has 1 saturated heterocycles. The van der Waals surface area contributed by atoms with Crippen LogP contribution in [0.25, 0.3) is 11.0 Å². The quantitative estimate of drug-likeness (QED) is 0.604. The Labute approximate surface area is 179 Å². The highest BCUT2D eigenvalue weighted by Gasteiger charge is 2.30. The topological polar surface area (TPSA) is 91.1 Å². The van der Waals surface area contributed by atoms with E-state index in [4.69, 9.17) is 4.42 Å². The predicted octanol–water partition coefficient (Wildman–Crippen LogP) is 2.94. The molecule has 0 aliphatic carbocycles. The smallest absolute Gasteiger partial charge is 0.336 e. The maximum atomic E-state index is 12.7. The van der Waals surface area contributed by atoms with Gasteiger partial charge in [-0.05, 0) is 42.0 Å². The molecule has 0 spiro atoms. The lowest BCUT2D eigenvalue weighted by Gasteiger charge is -2.34. The number of fused-ring (bicyclic) bond motifs is 1. The first-order chi connectivity index (χ1) is 14.3. The molecule has 9 heteroatoms. The lowest BCUT2D eigenvalue weighted by molar-refractivity contribution is 0.180. The summed E-state index contributed by atoms with van der Waals surface area (Å²) >= 11 is 1.22. The molecule has 3 heterocycles. The zero-order chi connectivity index (χ0) is 21.5. The number of phenols is 1. The third-order valence-corrected chi connectivity index (χ3v) is 8.84. The number of thiophene rings is 1. The van der Waals surface area contributed by atoms with Crippen LogP contribution in [0.15, 0.2) is 43.1 Å². The van der Waals surface area contributed by atoms with E-state index < -0.39 is 15.6 Å². The number of nitrogens with zero attached hydrogens (tertiary/aromatic N) is 2. The van der Waals surface area contributed by atoms with Gasteiger partial charge in [-0.25, -0.2) is 13.2 Å². The van der Waals surface area contributed by atoms with Crippen LogP contribution in [-0.2, 0) is 23.0 Å². The lowest BCUT2D eigenvalue weighted by Crippen LogP contribution is -2.48. The molecule has 0 saturated carbocycles. The highest BCUT2D eigenvalue weighted by atomic mass is 32.2. The summed E-state index contributed by atoms with van der Waals surface area (Å²) in [6.07, 6.45) is 0.653.